The quantitative estimate of drug-likeness (QED) is 0.565. The van der Waals surface area contributed by atoms with Crippen molar-refractivity contribution in [1.29, 1.82) is 0 Å². The Bertz CT molecular complexity index is 773. The lowest BCUT2D eigenvalue weighted by Gasteiger charge is -2.06. The predicted molar refractivity (Wildman–Crippen MR) is 89.5 cm³/mol. The number of para-hydroxylation sites is 1. The molecule has 0 radical (unpaired) electrons. The van der Waals surface area contributed by atoms with Gasteiger partial charge in [0, 0.05) is 16.9 Å². The topological polar surface area (TPSA) is 17.3 Å². The molecule has 21 heavy (non-hydrogen) atoms. The van der Waals surface area contributed by atoms with Gasteiger partial charge in [0.1, 0.15) is 0 Å². The second-order valence-corrected chi connectivity index (χ2v) is 5.33. The van der Waals surface area contributed by atoms with Crippen molar-refractivity contribution >= 4 is 35.1 Å². The van der Waals surface area contributed by atoms with E-state index in [-0.39, 0.29) is 0 Å². The summed E-state index contributed by atoms with van der Waals surface area (Å²) in [5.41, 5.74) is 2.75. The van der Waals surface area contributed by atoms with Crippen molar-refractivity contribution in [1.82, 2.24) is 4.57 Å². The van der Waals surface area contributed by atoms with E-state index in [2.05, 4.69) is 4.99 Å². The Hall–Kier alpha value is -2.03. The number of hydrogen-bond donors (Lipinski definition) is 0. The van der Waals surface area contributed by atoms with Crippen LogP contribution in [0.3, 0.4) is 0 Å². The summed E-state index contributed by atoms with van der Waals surface area (Å²) in [5.74, 6) is 0. The molecule has 3 aromatic rings. The monoisotopic (exact) mass is 314 g/mol. The molecule has 0 amide bonds. The summed E-state index contributed by atoms with van der Waals surface area (Å²) in [5, 5.41) is 1.36. The van der Waals surface area contributed by atoms with Crippen molar-refractivity contribution < 1.29 is 0 Å². The number of benzene rings is 2. The average Bonchev–Trinajstić information content (AvgIpc) is 2.96. The molecular formula is C17H12Cl2N2. The van der Waals surface area contributed by atoms with Gasteiger partial charge in [0.05, 0.1) is 22.6 Å². The largest absolute Gasteiger partial charge is 0.316 e. The Labute approximate surface area is 133 Å². The van der Waals surface area contributed by atoms with Gasteiger partial charge in [-0.05, 0) is 48.5 Å². The fraction of sp³-hybridized carbons (Fsp3) is 0. The third-order valence-corrected chi connectivity index (χ3v) is 3.65. The summed E-state index contributed by atoms with van der Waals surface area (Å²) in [6.07, 6.45) is 3.78. The van der Waals surface area contributed by atoms with Crippen LogP contribution in [0.5, 0.6) is 0 Å². The zero-order valence-electron chi connectivity index (χ0n) is 11.1. The number of aliphatic imine (C=N–C) groups is 1. The van der Waals surface area contributed by atoms with Gasteiger partial charge in [0.15, 0.2) is 0 Å². The van der Waals surface area contributed by atoms with Crippen molar-refractivity contribution in [2.75, 3.05) is 0 Å². The van der Waals surface area contributed by atoms with Crippen LogP contribution in [0, 0.1) is 0 Å². The molecule has 2 nitrogen and oxygen atoms in total. The maximum absolute atomic E-state index is 6.10. The third kappa shape index (κ3) is 3.18. The molecule has 1 heterocycles. The molecule has 0 bridgehead atoms. The summed E-state index contributed by atoms with van der Waals surface area (Å²) < 4.78 is 2.04. The van der Waals surface area contributed by atoms with E-state index in [0.717, 1.165) is 22.1 Å². The Morgan fingerprint density at radius 3 is 2.38 bits per heavy atom. The first-order chi connectivity index (χ1) is 10.2. The van der Waals surface area contributed by atoms with E-state index >= 15 is 0 Å². The summed E-state index contributed by atoms with van der Waals surface area (Å²) in [6.45, 7) is 0. The molecule has 0 spiro atoms. The minimum Gasteiger partial charge on any atom is -0.316 e. The molecule has 0 aliphatic rings. The van der Waals surface area contributed by atoms with Crippen molar-refractivity contribution in [3.63, 3.8) is 0 Å². The highest BCUT2D eigenvalue weighted by atomic mass is 35.5. The Morgan fingerprint density at radius 2 is 1.62 bits per heavy atom. The molecule has 1 aromatic heterocycles. The maximum atomic E-state index is 6.10. The predicted octanol–water partition coefficient (Wildman–Crippen LogP) is 5.53. The van der Waals surface area contributed by atoms with Crippen molar-refractivity contribution in [3.8, 4) is 5.69 Å². The third-order valence-electron chi connectivity index (χ3n) is 3.07. The van der Waals surface area contributed by atoms with Gasteiger partial charge in [-0.3, -0.25) is 4.99 Å². The Kier molecular flexibility index (Phi) is 4.09. The van der Waals surface area contributed by atoms with Crippen LogP contribution in [0.2, 0.25) is 10.0 Å². The van der Waals surface area contributed by atoms with Crippen LogP contribution in [0.1, 0.15) is 5.69 Å². The summed E-state index contributed by atoms with van der Waals surface area (Å²) in [7, 11) is 0. The lowest BCUT2D eigenvalue weighted by molar-refractivity contribution is 1.07. The van der Waals surface area contributed by atoms with Gasteiger partial charge in [0.2, 0.25) is 0 Å². The van der Waals surface area contributed by atoms with Crippen LogP contribution in [-0.4, -0.2) is 10.8 Å². The first-order valence-electron chi connectivity index (χ1n) is 6.46. The van der Waals surface area contributed by atoms with E-state index in [1.165, 1.54) is 0 Å². The highest BCUT2D eigenvalue weighted by Crippen LogP contribution is 2.24. The fourth-order valence-corrected chi connectivity index (χ4v) is 2.34. The number of halogens is 2. The van der Waals surface area contributed by atoms with Crippen molar-refractivity contribution in [2.24, 2.45) is 4.99 Å². The fourth-order valence-electron chi connectivity index (χ4n) is 2.03. The molecule has 0 N–H and O–H groups in total. The van der Waals surface area contributed by atoms with Gasteiger partial charge in [-0.2, -0.15) is 0 Å². The Morgan fingerprint density at radius 1 is 0.857 bits per heavy atom. The van der Waals surface area contributed by atoms with E-state index in [1.54, 1.807) is 6.21 Å². The zero-order chi connectivity index (χ0) is 14.7. The SMILES string of the molecule is Clc1ccc(-n2cccc2C=Nc2ccccc2Cl)cc1. The zero-order valence-corrected chi connectivity index (χ0v) is 12.6. The van der Waals surface area contributed by atoms with E-state index in [9.17, 15) is 0 Å². The normalized spacial score (nSPS) is 11.1. The highest BCUT2D eigenvalue weighted by Gasteiger charge is 2.02. The highest BCUT2D eigenvalue weighted by molar-refractivity contribution is 6.33. The first-order valence-corrected chi connectivity index (χ1v) is 7.21. The van der Waals surface area contributed by atoms with Crippen molar-refractivity contribution in [2.45, 2.75) is 0 Å². The van der Waals surface area contributed by atoms with Crippen LogP contribution in [-0.2, 0) is 0 Å². The van der Waals surface area contributed by atoms with Gasteiger partial charge in [-0.1, -0.05) is 35.3 Å². The smallest absolute Gasteiger partial charge is 0.0816 e. The van der Waals surface area contributed by atoms with Gasteiger partial charge >= 0.3 is 0 Å². The molecule has 4 heteroatoms. The number of hydrogen-bond acceptors (Lipinski definition) is 1. The van der Waals surface area contributed by atoms with Crippen molar-refractivity contribution in [3.05, 3.63) is 82.6 Å². The number of rotatable bonds is 3. The second kappa shape index (κ2) is 6.17. The second-order valence-electron chi connectivity index (χ2n) is 4.49. The van der Waals surface area contributed by atoms with Crippen LogP contribution in [0.15, 0.2) is 71.9 Å². The van der Waals surface area contributed by atoms with Crippen LogP contribution < -0.4 is 0 Å². The molecule has 0 unspecified atom stereocenters. The van der Waals surface area contributed by atoms with Crippen LogP contribution in [0.4, 0.5) is 5.69 Å². The van der Waals surface area contributed by atoms with Gasteiger partial charge in [-0.15, -0.1) is 0 Å². The van der Waals surface area contributed by atoms with Crippen LogP contribution >= 0.6 is 23.2 Å². The lowest BCUT2D eigenvalue weighted by Crippen LogP contribution is -1.97. The molecule has 0 fully saturated rings. The van der Waals surface area contributed by atoms with Gasteiger partial charge in [-0.25, -0.2) is 0 Å². The first kappa shape index (κ1) is 13.9. The van der Waals surface area contributed by atoms with Gasteiger partial charge < -0.3 is 4.57 Å². The standard InChI is InChI=1S/C17H12Cl2N2/c18-13-7-9-14(10-8-13)21-11-3-4-15(21)12-20-17-6-2-1-5-16(17)19/h1-12H. The van der Waals surface area contributed by atoms with E-state index in [1.807, 2.05) is 71.4 Å². The molecule has 0 atom stereocenters. The summed E-state index contributed by atoms with van der Waals surface area (Å²) >= 11 is 12.0. The molecule has 0 aliphatic carbocycles. The lowest BCUT2D eigenvalue weighted by atomic mass is 10.3. The molecule has 104 valence electrons. The van der Waals surface area contributed by atoms with E-state index < -0.39 is 0 Å². The minimum absolute atomic E-state index is 0.637. The average molecular weight is 315 g/mol. The molecule has 3 rings (SSSR count). The summed E-state index contributed by atoms with van der Waals surface area (Å²) in [6, 6.07) is 19.1. The Balaban J connectivity index is 1.93. The van der Waals surface area contributed by atoms with E-state index in [0.29, 0.717) is 5.02 Å². The molecule has 0 saturated carbocycles. The number of aromatic nitrogens is 1. The maximum Gasteiger partial charge on any atom is 0.0816 e. The van der Waals surface area contributed by atoms with Gasteiger partial charge in [0.25, 0.3) is 0 Å². The van der Waals surface area contributed by atoms with E-state index in [4.69, 9.17) is 23.2 Å². The minimum atomic E-state index is 0.637. The molecule has 0 saturated heterocycles. The molecule has 0 aliphatic heterocycles. The van der Waals surface area contributed by atoms with Crippen LogP contribution in [0.25, 0.3) is 5.69 Å². The molecular weight excluding hydrogens is 303 g/mol. The summed E-state index contributed by atoms with van der Waals surface area (Å²) in [4.78, 5) is 4.45. The number of nitrogens with zero attached hydrogens (tertiary/aromatic N) is 2. The molecule has 2 aromatic carbocycles.